The largest absolute Gasteiger partial charge is 0.262 e. The van der Waals surface area contributed by atoms with E-state index in [2.05, 4.69) is 11.6 Å². The molecule has 0 aromatic heterocycles. The maximum Gasteiger partial charge on any atom is 0.0372 e. The van der Waals surface area contributed by atoms with Crippen LogP contribution in [0.15, 0.2) is 53.7 Å². The van der Waals surface area contributed by atoms with Gasteiger partial charge in [-0.3, -0.25) is 4.99 Å². The predicted molar refractivity (Wildman–Crippen MR) is 61.0 cm³/mol. The van der Waals surface area contributed by atoms with E-state index in [-0.39, 0.29) is 0 Å². The van der Waals surface area contributed by atoms with E-state index < -0.39 is 0 Å². The minimum Gasteiger partial charge on any atom is -0.262 e. The molecule has 1 heteroatoms. The third-order valence-electron chi connectivity index (χ3n) is 1.51. The lowest BCUT2D eigenvalue weighted by atomic mass is 10.2. The van der Waals surface area contributed by atoms with Crippen LogP contribution >= 0.6 is 0 Å². The average Bonchev–Trinajstić information content (AvgIpc) is 2.16. The van der Waals surface area contributed by atoms with Crippen LogP contribution in [0.1, 0.15) is 20.8 Å². The van der Waals surface area contributed by atoms with Crippen LogP contribution in [0.25, 0.3) is 0 Å². The van der Waals surface area contributed by atoms with E-state index in [1.54, 1.807) is 6.20 Å². The van der Waals surface area contributed by atoms with Gasteiger partial charge in [0.05, 0.1) is 0 Å². The van der Waals surface area contributed by atoms with Crippen molar-refractivity contribution < 1.29 is 0 Å². The minimum absolute atomic E-state index is 0.985. The van der Waals surface area contributed by atoms with E-state index in [0.29, 0.717) is 0 Å². The highest BCUT2D eigenvalue weighted by molar-refractivity contribution is 5.93. The second-order valence-electron chi connectivity index (χ2n) is 2.58. The van der Waals surface area contributed by atoms with Crippen molar-refractivity contribution in [2.75, 3.05) is 0 Å². The first-order valence-electron chi connectivity index (χ1n) is 4.37. The van der Waals surface area contributed by atoms with Crippen molar-refractivity contribution in [1.29, 1.82) is 0 Å². The summed E-state index contributed by atoms with van der Waals surface area (Å²) in [5.41, 5.74) is 2.09. The van der Waals surface area contributed by atoms with Gasteiger partial charge >= 0.3 is 0 Å². The summed E-state index contributed by atoms with van der Waals surface area (Å²) >= 11 is 0. The Bertz CT molecular complexity index is 265. The third kappa shape index (κ3) is 5.85. The first-order valence-corrected chi connectivity index (χ1v) is 4.37. The highest BCUT2D eigenvalue weighted by Gasteiger charge is 1.82. The van der Waals surface area contributed by atoms with Gasteiger partial charge in [0.2, 0.25) is 0 Å². The minimum atomic E-state index is 0.985. The van der Waals surface area contributed by atoms with Gasteiger partial charge < -0.3 is 0 Å². The zero-order valence-electron chi connectivity index (χ0n) is 8.62. The van der Waals surface area contributed by atoms with Crippen LogP contribution in [0, 0.1) is 0 Å². The van der Waals surface area contributed by atoms with Gasteiger partial charge in [0, 0.05) is 11.9 Å². The second kappa shape index (κ2) is 7.29. The standard InChI is InChI=1S/C12H17N/c1-5-10-13-11(4)8-9-12(6-2)7-3/h5-10H,2H2,1,3-4H3/b9-8-,10-5-,12-7-,13-11-. The molecule has 0 aliphatic rings. The van der Waals surface area contributed by atoms with Gasteiger partial charge in [-0.05, 0) is 32.4 Å². The number of rotatable bonds is 4. The van der Waals surface area contributed by atoms with E-state index in [9.17, 15) is 0 Å². The Morgan fingerprint density at radius 1 is 1.23 bits per heavy atom. The highest BCUT2D eigenvalue weighted by atomic mass is 14.7. The molecule has 0 saturated carbocycles. The fourth-order valence-corrected chi connectivity index (χ4v) is 0.734. The Balaban J connectivity index is 4.34. The Morgan fingerprint density at radius 3 is 2.38 bits per heavy atom. The number of hydrogen-bond acceptors (Lipinski definition) is 1. The van der Waals surface area contributed by atoms with Crippen LogP contribution in [-0.4, -0.2) is 5.71 Å². The molecule has 0 aliphatic heterocycles. The van der Waals surface area contributed by atoms with Crippen LogP contribution in [0.4, 0.5) is 0 Å². The van der Waals surface area contributed by atoms with Crippen molar-refractivity contribution in [2.24, 2.45) is 4.99 Å². The van der Waals surface area contributed by atoms with Crippen LogP contribution in [0.2, 0.25) is 0 Å². The number of aliphatic imine (C=N–C) groups is 1. The molecule has 0 aromatic carbocycles. The van der Waals surface area contributed by atoms with Crippen molar-refractivity contribution in [3.05, 3.63) is 48.7 Å². The molecule has 0 radical (unpaired) electrons. The lowest BCUT2D eigenvalue weighted by Gasteiger charge is -1.90. The molecule has 0 bridgehead atoms. The Labute approximate surface area is 80.9 Å². The van der Waals surface area contributed by atoms with E-state index in [1.165, 1.54) is 0 Å². The summed E-state index contributed by atoms with van der Waals surface area (Å²) in [7, 11) is 0. The normalized spacial score (nSPS) is 14.4. The van der Waals surface area contributed by atoms with Crippen molar-refractivity contribution in [1.82, 2.24) is 0 Å². The summed E-state index contributed by atoms with van der Waals surface area (Å²) in [5, 5.41) is 0. The van der Waals surface area contributed by atoms with E-state index in [4.69, 9.17) is 0 Å². The van der Waals surface area contributed by atoms with Crippen LogP contribution in [-0.2, 0) is 0 Å². The van der Waals surface area contributed by atoms with Crippen molar-refractivity contribution in [3.63, 3.8) is 0 Å². The van der Waals surface area contributed by atoms with Crippen molar-refractivity contribution in [2.45, 2.75) is 20.8 Å². The van der Waals surface area contributed by atoms with Gasteiger partial charge in [-0.2, -0.15) is 0 Å². The third-order valence-corrected chi connectivity index (χ3v) is 1.51. The quantitative estimate of drug-likeness (QED) is 0.456. The van der Waals surface area contributed by atoms with Crippen molar-refractivity contribution in [3.8, 4) is 0 Å². The molecule has 0 amide bonds. The molecular formula is C12H17N. The Hall–Kier alpha value is -1.37. The summed E-state index contributed by atoms with van der Waals surface area (Å²) in [6.07, 6.45) is 11.5. The molecule has 0 aliphatic carbocycles. The lowest BCUT2D eigenvalue weighted by Crippen LogP contribution is -1.82. The highest BCUT2D eigenvalue weighted by Crippen LogP contribution is 1.97. The molecule has 0 rings (SSSR count). The SMILES string of the molecule is C=CC(/C=C\C(C)=N/C=C\C)=C/C. The monoisotopic (exact) mass is 175 g/mol. The fourth-order valence-electron chi connectivity index (χ4n) is 0.734. The van der Waals surface area contributed by atoms with Gasteiger partial charge in [-0.1, -0.05) is 30.9 Å². The molecule has 0 fully saturated rings. The van der Waals surface area contributed by atoms with Gasteiger partial charge in [-0.25, -0.2) is 0 Å². The maximum atomic E-state index is 4.17. The second-order valence-corrected chi connectivity index (χ2v) is 2.58. The van der Waals surface area contributed by atoms with Crippen molar-refractivity contribution >= 4 is 5.71 Å². The zero-order valence-corrected chi connectivity index (χ0v) is 8.62. The van der Waals surface area contributed by atoms with Gasteiger partial charge in [-0.15, -0.1) is 0 Å². The summed E-state index contributed by atoms with van der Waals surface area (Å²) in [5.74, 6) is 0. The molecule has 0 saturated heterocycles. The summed E-state index contributed by atoms with van der Waals surface area (Å²) in [6, 6.07) is 0. The van der Waals surface area contributed by atoms with Gasteiger partial charge in [0.15, 0.2) is 0 Å². The molecule has 0 heterocycles. The van der Waals surface area contributed by atoms with E-state index >= 15 is 0 Å². The fraction of sp³-hybridized carbons (Fsp3) is 0.250. The maximum absolute atomic E-state index is 4.17. The summed E-state index contributed by atoms with van der Waals surface area (Å²) in [4.78, 5) is 4.17. The predicted octanol–water partition coefficient (Wildman–Crippen LogP) is 3.67. The molecule has 13 heavy (non-hydrogen) atoms. The Morgan fingerprint density at radius 2 is 1.92 bits per heavy atom. The molecular weight excluding hydrogens is 158 g/mol. The molecule has 0 spiro atoms. The first kappa shape index (κ1) is 11.6. The number of hydrogen-bond donors (Lipinski definition) is 0. The lowest BCUT2D eigenvalue weighted by molar-refractivity contribution is 1.50. The molecule has 0 atom stereocenters. The topological polar surface area (TPSA) is 12.4 Å². The van der Waals surface area contributed by atoms with Crippen LogP contribution < -0.4 is 0 Å². The zero-order chi connectivity index (χ0) is 10.1. The molecule has 0 unspecified atom stereocenters. The Kier molecular flexibility index (Phi) is 6.52. The molecule has 0 aromatic rings. The summed E-state index contributed by atoms with van der Waals surface area (Å²) in [6.45, 7) is 9.60. The summed E-state index contributed by atoms with van der Waals surface area (Å²) < 4.78 is 0. The van der Waals surface area contributed by atoms with Gasteiger partial charge in [0.25, 0.3) is 0 Å². The molecule has 0 N–H and O–H groups in total. The van der Waals surface area contributed by atoms with E-state index in [0.717, 1.165) is 11.3 Å². The van der Waals surface area contributed by atoms with Crippen LogP contribution in [0.3, 0.4) is 0 Å². The number of allylic oxidation sites excluding steroid dienone is 6. The van der Waals surface area contributed by atoms with Gasteiger partial charge in [0.1, 0.15) is 0 Å². The number of nitrogens with zero attached hydrogens (tertiary/aromatic N) is 1. The smallest absolute Gasteiger partial charge is 0.0372 e. The molecule has 1 nitrogen and oxygen atoms in total. The average molecular weight is 175 g/mol. The van der Waals surface area contributed by atoms with E-state index in [1.807, 2.05) is 51.2 Å². The molecule has 70 valence electrons. The first-order chi connectivity index (χ1) is 6.24. The van der Waals surface area contributed by atoms with Crippen LogP contribution in [0.5, 0.6) is 0 Å².